The second kappa shape index (κ2) is 10.3. The van der Waals surface area contributed by atoms with Crippen LogP contribution in [0.3, 0.4) is 0 Å². The molecule has 34 heavy (non-hydrogen) atoms. The molecule has 0 heterocycles. The van der Waals surface area contributed by atoms with Crippen molar-refractivity contribution in [3.8, 4) is 28.7 Å². The molecule has 0 spiro atoms. The molecule has 0 atom stereocenters. The number of nitrogens with one attached hydrogen (secondary N) is 1. The summed E-state index contributed by atoms with van der Waals surface area (Å²) >= 11 is 6.13. The first kappa shape index (κ1) is 23.1. The lowest BCUT2D eigenvalue weighted by atomic mass is 9.98. The van der Waals surface area contributed by atoms with Gasteiger partial charge in [0.15, 0.2) is 5.75 Å². The van der Waals surface area contributed by atoms with E-state index in [-0.39, 0.29) is 35.5 Å². The summed E-state index contributed by atoms with van der Waals surface area (Å²) in [5.74, 6) is 5.71. The summed E-state index contributed by atoms with van der Waals surface area (Å²) in [6.07, 6.45) is -0.206. The Morgan fingerprint density at radius 1 is 1.12 bits per heavy atom. The molecule has 4 rings (SSSR count). The molecule has 0 saturated heterocycles. The van der Waals surface area contributed by atoms with Crippen LogP contribution in [-0.4, -0.2) is 31.3 Å². The van der Waals surface area contributed by atoms with Crippen molar-refractivity contribution in [1.82, 2.24) is 5.32 Å². The fourth-order valence-corrected chi connectivity index (χ4v) is 4.18. The van der Waals surface area contributed by atoms with Crippen molar-refractivity contribution in [2.75, 3.05) is 20.3 Å². The first-order chi connectivity index (χ1) is 16.5. The van der Waals surface area contributed by atoms with Crippen LogP contribution >= 0.6 is 11.6 Å². The van der Waals surface area contributed by atoms with Crippen LogP contribution < -0.4 is 10.1 Å². The zero-order valence-corrected chi connectivity index (χ0v) is 19.1. The SMILES string of the molecule is COc1cc(Cl)c(C#CCCNC(=O)OCC2c3ccccc3-c3ccccc32)cc1[N+](=O)[O-]. The highest BCUT2D eigenvalue weighted by atomic mass is 35.5. The highest BCUT2D eigenvalue weighted by Gasteiger charge is 2.28. The van der Waals surface area contributed by atoms with Gasteiger partial charge in [0.25, 0.3) is 0 Å². The molecule has 0 saturated carbocycles. The summed E-state index contributed by atoms with van der Waals surface area (Å²) in [5.41, 5.74) is 4.73. The summed E-state index contributed by atoms with van der Waals surface area (Å²) < 4.78 is 10.5. The van der Waals surface area contributed by atoms with E-state index in [4.69, 9.17) is 21.1 Å². The van der Waals surface area contributed by atoms with Crippen LogP contribution in [0.25, 0.3) is 11.1 Å². The molecular weight excluding hydrogens is 456 g/mol. The number of hydrogen-bond acceptors (Lipinski definition) is 5. The van der Waals surface area contributed by atoms with E-state index < -0.39 is 11.0 Å². The second-order valence-electron chi connectivity index (χ2n) is 7.57. The summed E-state index contributed by atoms with van der Waals surface area (Å²) in [6.45, 7) is 0.496. The highest BCUT2D eigenvalue weighted by Crippen LogP contribution is 2.44. The van der Waals surface area contributed by atoms with Crippen LogP contribution in [0.4, 0.5) is 10.5 Å². The van der Waals surface area contributed by atoms with E-state index in [9.17, 15) is 14.9 Å². The summed E-state index contributed by atoms with van der Waals surface area (Å²) in [4.78, 5) is 22.8. The van der Waals surface area contributed by atoms with E-state index in [0.29, 0.717) is 12.0 Å². The van der Waals surface area contributed by atoms with Crippen molar-refractivity contribution in [3.63, 3.8) is 0 Å². The second-order valence-corrected chi connectivity index (χ2v) is 7.97. The van der Waals surface area contributed by atoms with Crippen molar-refractivity contribution in [3.05, 3.63) is 92.5 Å². The first-order valence-corrected chi connectivity index (χ1v) is 11.0. The van der Waals surface area contributed by atoms with Crippen LogP contribution in [0.5, 0.6) is 5.75 Å². The molecule has 1 N–H and O–H groups in total. The number of methoxy groups -OCH3 is 1. The summed E-state index contributed by atoms with van der Waals surface area (Å²) in [5, 5.41) is 14.1. The zero-order valence-electron chi connectivity index (χ0n) is 18.3. The quantitative estimate of drug-likeness (QED) is 0.218. The Morgan fingerprint density at radius 3 is 2.38 bits per heavy atom. The Hall–Kier alpha value is -4.02. The average molecular weight is 477 g/mol. The molecule has 7 nitrogen and oxygen atoms in total. The standard InChI is InChI=1S/C26H21ClN2O5/c1-33-25-15-23(27)17(14-24(25)29(31)32)8-6-7-13-28-26(30)34-16-22-20-11-4-2-9-18(20)19-10-3-5-12-21(19)22/h2-5,9-12,14-15,22H,7,13,16H2,1H3,(H,28,30). The number of fused-ring (bicyclic) bond motifs is 3. The van der Waals surface area contributed by atoms with Gasteiger partial charge in [-0.25, -0.2) is 4.79 Å². The maximum atomic E-state index is 12.2. The molecule has 172 valence electrons. The Bertz CT molecular complexity index is 1270. The molecule has 1 aliphatic carbocycles. The molecule has 0 unspecified atom stereocenters. The molecule has 0 aliphatic heterocycles. The smallest absolute Gasteiger partial charge is 0.407 e. The van der Waals surface area contributed by atoms with Crippen LogP contribution in [0.1, 0.15) is 29.0 Å². The number of ether oxygens (including phenoxy) is 2. The van der Waals surface area contributed by atoms with E-state index in [1.54, 1.807) is 0 Å². The van der Waals surface area contributed by atoms with E-state index in [2.05, 4.69) is 41.4 Å². The van der Waals surface area contributed by atoms with Crippen LogP contribution in [0.2, 0.25) is 5.02 Å². The topological polar surface area (TPSA) is 90.7 Å². The Morgan fingerprint density at radius 2 is 1.76 bits per heavy atom. The van der Waals surface area contributed by atoms with Gasteiger partial charge in [-0.05, 0) is 22.3 Å². The Kier molecular flexibility index (Phi) is 7.00. The van der Waals surface area contributed by atoms with Gasteiger partial charge in [-0.2, -0.15) is 0 Å². The van der Waals surface area contributed by atoms with Gasteiger partial charge >= 0.3 is 11.8 Å². The number of nitrogens with zero attached hydrogens (tertiary/aromatic N) is 1. The maximum absolute atomic E-state index is 12.2. The van der Waals surface area contributed by atoms with E-state index in [1.165, 1.54) is 30.4 Å². The largest absolute Gasteiger partial charge is 0.490 e. The van der Waals surface area contributed by atoms with Gasteiger partial charge in [0.2, 0.25) is 0 Å². The number of nitro benzene ring substituents is 1. The monoisotopic (exact) mass is 476 g/mol. The number of hydrogen-bond donors (Lipinski definition) is 1. The van der Waals surface area contributed by atoms with Gasteiger partial charge in [-0.3, -0.25) is 10.1 Å². The number of alkyl carbamates (subject to hydrolysis) is 1. The number of carbonyl (C=O) groups excluding carboxylic acids is 1. The zero-order chi connectivity index (χ0) is 24.1. The van der Waals surface area contributed by atoms with Gasteiger partial charge in [0.1, 0.15) is 6.61 Å². The van der Waals surface area contributed by atoms with Crippen LogP contribution in [0.15, 0.2) is 60.7 Å². The van der Waals surface area contributed by atoms with Gasteiger partial charge < -0.3 is 14.8 Å². The van der Waals surface area contributed by atoms with Gasteiger partial charge in [-0.15, -0.1) is 0 Å². The molecule has 1 aliphatic rings. The van der Waals surface area contributed by atoms with Crippen molar-refractivity contribution in [1.29, 1.82) is 0 Å². The predicted octanol–water partition coefficient (Wildman–Crippen LogP) is 5.54. The third-order valence-corrected chi connectivity index (χ3v) is 5.86. The number of carbonyl (C=O) groups is 1. The molecular formula is C26H21ClN2O5. The lowest BCUT2D eigenvalue weighted by Crippen LogP contribution is -2.26. The Labute approximate surface area is 201 Å². The molecule has 0 bridgehead atoms. The van der Waals surface area contributed by atoms with Crippen molar-refractivity contribution >= 4 is 23.4 Å². The van der Waals surface area contributed by atoms with Gasteiger partial charge in [0, 0.05) is 31.0 Å². The molecule has 8 heteroatoms. The molecule has 0 radical (unpaired) electrons. The average Bonchev–Trinajstić information content (AvgIpc) is 3.16. The normalized spacial score (nSPS) is 11.6. The van der Waals surface area contributed by atoms with E-state index in [1.807, 2.05) is 24.3 Å². The van der Waals surface area contributed by atoms with Crippen molar-refractivity contribution < 1.29 is 19.2 Å². The molecule has 3 aromatic rings. The predicted molar refractivity (Wildman–Crippen MR) is 129 cm³/mol. The molecule has 0 fully saturated rings. The molecule has 0 aromatic heterocycles. The number of nitro groups is 1. The third kappa shape index (κ3) is 4.82. The fraction of sp³-hybridized carbons (Fsp3) is 0.192. The van der Waals surface area contributed by atoms with E-state index >= 15 is 0 Å². The summed E-state index contributed by atoms with van der Waals surface area (Å²) in [6, 6.07) is 18.9. The number of benzene rings is 3. The van der Waals surface area contributed by atoms with Crippen molar-refractivity contribution in [2.24, 2.45) is 0 Å². The lowest BCUT2D eigenvalue weighted by molar-refractivity contribution is -0.385. The van der Waals surface area contributed by atoms with Gasteiger partial charge in [-0.1, -0.05) is 72.0 Å². The number of amides is 1. The minimum atomic E-state index is -0.557. The first-order valence-electron chi connectivity index (χ1n) is 10.6. The highest BCUT2D eigenvalue weighted by molar-refractivity contribution is 6.32. The van der Waals surface area contributed by atoms with Gasteiger partial charge in [0.05, 0.1) is 22.6 Å². The number of rotatable bonds is 6. The molecule has 3 aromatic carbocycles. The number of halogens is 1. The van der Waals surface area contributed by atoms with E-state index in [0.717, 1.165) is 11.1 Å². The minimum absolute atomic E-state index is 0.00838. The maximum Gasteiger partial charge on any atom is 0.407 e. The lowest BCUT2D eigenvalue weighted by Gasteiger charge is -2.14. The Balaban J connectivity index is 1.31. The van der Waals surface area contributed by atoms with Crippen LogP contribution in [-0.2, 0) is 4.74 Å². The molecule has 1 amide bonds. The van der Waals surface area contributed by atoms with Crippen LogP contribution in [0, 0.1) is 22.0 Å². The minimum Gasteiger partial charge on any atom is -0.490 e. The fourth-order valence-electron chi connectivity index (χ4n) is 3.98. The third-order valence-electron chi connectivity index (χ3n) is 5.55. The summed E-state index contributed by atoms with van der Waals surface area (Å²) in [7, 11) is 1.33. The van der Waals surface area contributed by atoms with Crippen molar-refractivity contribution in [2.45, 2.75) is 12.3 Å².